The molecule has 18 heavy (non-hydrogen) atoms. The van der Waals surface area contributed by atoms with Gasteiger partial charge in [0.2, 0.25) is 10.9 Å². The van der Waals surface area contributed by atoms with Gasteiger partial charge < -0.3 is 5.32 Å². The molecule has 0 radical (unpaired) electrons. The number of hydrogen-bond acceptors (Lipinski definition) is 3. The Balaban J connectivity index is 2.63. The van der Waals surface area contributed by atoms with E-state index < -0.39 is 23.0 Å². The highest BCUT2D eigenvalue weighted by Crippen LogP contribution is 2.18. The molecule has 0 atom stereocenters. The fraction of sp³-hybridized carbons (Fsp3) is 0.222. The molecule has 1 aromatic carbocycles. The minimum Gasteiger partial charge on any atom is -0.318 e. The lowest BCUT2D eigenvalue weighted by Crippen LogP contribution is -2.29. The van der Waals surface area contributed by atoms with E-state index in [9.17, 15) is 26.4 Å². The average molecular weight is 282 g/mol. The van der Waals surface area contributed by atoms with E-state index in [1.807, 2.05) is 0 Å². The molecule has 5 nitrogen and oxygen atoms in total. The number of carbonyl (C=O) groups is 1. The van der Waals surface area contributed by atoms with E-state index in [0.717, 1.165) is 0 Å². The second kappa shape index (κ2) is 5.83. The maximum Gasteiger partial charge on any atom is 0.471 e. The van der Waals surface area contributed by atoms with Gasteiger partial charge in [-0.1, -0.05) is 12.1 Å². The van der Waals surface area contributed by atoms with Crippen LogP contribution in [0.15, 0.2) is 24.3 Å². The second-order valence-electron chi connectivity index (χ2n) is 3.24. The first-order chi connectivity index (χ1) is 8.29. The van der Waals surface area contributed by atoms with Crippen molar-refractivity contribution in [2.24, 2.45) is 0 Å². The summed E-state index contributed by atoms with van der Waals surface area (Å²) in [5.41, 5.74) is 0.534. The highest BCUT2D eigenvalue weighted by atomic mass is 32.2. The van der Waals surface area contributed by atoms with Gasteiger partial charge in [-0.25, -0.2) is 13.1 Å². The molecule has 0 fully saturated rings. The number of hydrogen-bond donors (Lipinski definition) is 3. The summed E-state index contributed by atoms with van der Waals surface area (Å²) in [6, 6.07) is 5.30. The maximum absolute atomic E-state index is 11.9. The number of benzene rings is 1. The first-order valence-corrected chi connectivity index (χ1v) is 5.82. The van der Waals surface area contributed by atoms with Gasteiger partial charge in [0.15, 0.2) is 0 Å². The third-order valence-corrected chi connectivity index (χ3v) is 2.30. The van der Waals surface area contributed by atoms with Crippen LogP contribution in [0, 0.1) is 0 Å². The van der Waals surface area contributed by atoms with Crippen LogP contribution in [-0.2, 0) is 22.2 Å². The van der Waals surface area contributed by atoms with Crippen LogP contribution in [0.3, 0.4) is 0 Å². The predicted molar refractivity (Wildman–Crippen MR) is 58.3 cm³/mol. The van der Waals surface area contributed by atoms with Gasteiger partial charge in [-0.05, 0) is 17.7 Å². The van der Waals surface area contributed by atoms with Crippen molar-refractivity contribution in [3.63, 3.8) is 0 Å². The summed E-state index contributed by atoms with van der Waals surface area (Å²) in [4.78, 5) is 10.6. The Morgan fingerprint density at radius 1 is 1.17 bits per heavy atom. The van der Waals surface area contributed by atoms with Crippen molar-refractivity contribution in [3.8, 4) is 0 Å². The molecule has 100 valence electrons. The van der Waals surface area contributed by atoms with Crippen molar-refractivity contribution in [1.82, 2.24) is 4.72 Å². The van der Waals surface area contributed by atoms with Crippen LogP contribution in [0.4, 0.5) is 18.9 Å². The molecule has 9 heteroatoms. The molecule has 0 aliphatic carbocycles. The highest BCUT2D eigenvalue weighted by molar-refractivity contribution is 7.70. The Kier molecular flexibility index (Phi) is 4.68. The first kappa shape index (κ1) is 14.5. The minimum atomic E-state index is -4.94. The van der Waals surface area contributed by atoms with Crippen molar-refractivity contribution in [2.75, 3.05) is 5.32 Å². The number of halogens is 3. The molecule has 0 aromatic heterocycles. The third-order valence-electron chi connectivity index (χ3n) is 1.88. The zero-order valence-corrected chi connectivity index (χ0v) is 9.72. The third kappa shape index (κ3) is 4.72. The van der Waals surface area contributed by atoms with Gasteiger partial charge in [-0.2, -0.15) is 13.2 Å². The van der Waals surface area contributed by atoms with Crippen LogP contribution >= 0.6 is 0 Å². The largest absolute Gasteiger partial charge is 0.471 e. The quantitative estimate of drug-likeness (QED) is 0.715. The number of nitrogens with one attached hydrogen (secondary N) is 2. The molecular weight excluding hydrogens is 273 g/mol. The molecule has 0 unspecified atom stereocenters. The number of thiol groups is 1. The van der Waals surface area contributed by atoms with E-state index in [2.05, 4.69) is 4.72 Å². The zero-order chi connectivity index (χ0) is 13.8. The van der Waals surface area contributed by atoms with Gasteiger partial charge in [0.1, 0.15) is 0 Å². The number of alkyl halides is 3. The monoisotopic (exact) mass is 282 g/mol. The van der Waals surface area contributed by atoms with Gasteiger partial charge in [0.25, 0.3) is 0 Å². The minimum absolute atomic E-state index is 0.0208. The Labute approximate surface area is 102 Å². The number of anilines is 1. The van der Waals surface area contributed by atoms with Gasteiger partial charge >= 0.3 is 12.1 Å². The van der Waals surface area contributed by atoms with E-state index in [1.54, 1.807) is 5.32 Å². The molecule has 0 saturated carbocycles. The smallest absolute Gasteiger partial charge is 0.318 e. The molecular formula is C9H9F3N2O3S. The number of rotatable bonds is 4. The van der Waals surface area contributed by atoms with Gasteiger partial charge in [-0.15, -0.1) is 0 Å². The van der Waals surface area contributed by atoms with Crippen molar-refractivity contribution in [3.05, 3.63) is 29.8 Å². The number of amides is 1. The molecule has 1 rings (SSSR count). The van der Waals surface area contributed by atoms with Gasteiger partial charge in [0, 0.05) is 12.2 Å². The summed E-state index contributed by atoms with van der Waals surface area (Å²) >= 11 is 0. The summed E-state index contributed by atoms with van der Waals surface area (Å²) in [6.45, 7) is 0.0339. The van der Waals surface area contributed by atoms with Crippen LogP contribution < -0.4 is 10.0 Å². The summed E-state index contributed by atoms with van der Waals surface area (Å²) in [5.74, 6) is -2.06. The van der Waals surface area contributed by atoms with Crippen molar-refractivity contribution < 1.29 is 26.4 Å². The molecule has 0 saturated heterocycles. The Hall–Kier alpha value is -1.61. The van der Waals surface area contributed by atoms with E-state index >= 15 is 0 Å². The van der Waals surface area contributed by atoms with Crippen LogP contribution in [0.5, 0.6) is 0 Å². The first-order valence-electron chi connectivity index (χ1n) is 4.64. The fourth-order valence-corrected chi connectivity index (χ4v) is 1.38. The Bertz CT molecular complexity index is 489. The second-order valence-corrected chi connectivity index (χ2v) is 4.07. The lowest BCUT2D eigenvalue weighted by molar-refractivity contribution is -0.167. The normalized spacial score (nSPS) is 11.6. The molecule has 1 amide bonds. The summed E-state index contributed by atoms with van der Waals surface area (Å²) in [7, 11) is -2.73. The van der Waals surface area contributed by atoms with E-state index in [0.29, 0.717) is 5.56 Å². The van der Waals surface area contributed by atoms with Crippen LogP contribution in [-0.4, -0.2) is 20.5 Å². The van der Waals surface area contributed by atoms with Crippen LogP contribution in [0.2, 0.25) is 0 Å². The average Bonchev–Trinajstić information content (AvgIpc) is 2.26. The Morgan fingerprint density at radius 2 is 1.72 bits per heavy atom. The maximum atomic E-state index is 11.9. The molecule has 1 aromatic rings. The van der Waals surface area contributed by atoms with Crippen LogP contribution in [0.25, 0.3) is 0 Å². The van der Waals surface area contributed by atoms with E-state index in [-0.39, 0.29) is 12.2 Å². The molecule has 0 aliphatic heterocycles. The van der Waals surface area contributed by atoms with Crippen LogP contribution in [0.1, 0.15) is 5.56 Å². The van der Waals surface area contributed by atoms with Gasteiger partial charge in [-0.3, -0.25) is 4.79 Å². The lowest BCUT2D eigenvalue weighted by atomic mass is 10.2. The van der Waals surface area contributed by atoms with Crippen molar-refractivity contribution >= 4 is 22.5 Å². The molecule has 0 bridgehead atoms. The SMILES string of the molecule is O=C(Nc1ccc(CN[SH](=O)=O)cc1)C(F)(F)F. The standard InChI is InChI=1S/C9H9F3N2O3S/c10-9(11,12)8(15)14-7-3-1-6(2-4-7)5-13-18(16)17/h1-4,18H,5H2,(H,14,15)(H,13,16,17). The highest BCUT2D eigenvalue weighted by Gasteiger charge is 2.38. The fourth-order valence-electron chi connectivity index (χ4n) is 1.06. The lowest BCUT2D eigenvalue weighted by Gasteiger charge is -2.08. The van der Waals surface area contributed by atoms with Gasteiger partial charge in [0.05, 0.1) is 0 Å². The molecule has 0 heterocycles. The van der Waals surface area contributed by atoms with Crippen molar-refractivity contribution in [2.45, 2.75) is 12.7 Å². The predicted octanol–water partition coefficient (Wildman–Crippen LogP) is 0.803. The summed E-state index contributed by atoms with van der Waals surface area (Å²) in [5, 5.41) is 1.67. The topological polar surface area (TPSA) is 75.3 Å². The number of carbonyl (C=O) groups excluding carboxylic acids is 1. The Morgan fingerprint density at radius 3 is 2.17 bits per heavy atom. The van der Waals surface area contributed by atoms with Crippen molar-refractivity contribution in [1.29, 1.82) is 0 Å². The molecule has 0 aliphatic rings. The van der Waals surface area contributed by atoms with E-state index in [4.69, 9.17) is 0 Å². The molecule has 0 spiro atoms. The summed E-state index contributed by atoms with van der Waals surface area (Å²) < 4.78 is 58.4. The van der Waals surface area contributed by atoms with E-state index in [1.165, 1.54) is 24.3 Å². The molecule has 2 N–H and O–H groups in total. The summed E-state index contributed by atoms with van der Waals surface area (Å²) in [6.07, 6.45) is -4.94. The zero-order valence-electron chi connectivity index (χ0n) is 8.82.